The Bertz CT molecular complexity index is 1090. The first-order valence-corrected chi connectivity index (χ1v) is 10.9. The van der Waals surface area contributed by atoms with Gasteiger partial charge >= 0.3 is 5.97 Å². The third-order valence-electron chi connectivity index (χ3n) is 4.02. The summed E-state index contributed by atoms with van der Waals surface area (Å²) in [4.78, 5) is 29.9. The highest BCUT2D eigenvalue weighted by atomic mass is 35.5. The molecule has 9 heteroatoms. The molecule has 0 aliphatic heterocycles. The molecule has 0 saturated carbocycles. The maximum Gasteiger partial charge on any atom is 0.325 e. The van der Waals surface area contributed by atoms with Crippen LogP contribution in [0.25, 0.3) is 10.2 Å². The first-order valence-electron chi connectivity index (χ1n) is 8.70. The minimum atomic E-state index is -0.413. The van der Waals surface area contributed by atoms with Crippen molar-refractivity contribution >= 4 is 56.8 Å². The first kappa shape index (κ1) is 21.4. The van der Waals surface area contributed by atoms with Gasteiger partial charge in [0, 0.05) is 22.1 Å². The molecule has 0 aliphatic carbocycles. The average molecular weight is 451 g/mol. The van der Waals surface area contributed by atoms with E-state index >= 15 is 0 Å². The van der Waals surface area contributed by atoms with Crippen LogP contribution in [0.4, 0.5) is 0 Å². The van der Waals surface area contributed by atoms with Crippen molar-refractivity contribution in [2.24, 2.45) is 4.99 Å². The van der Waals surface area contributed by atoms with Gasteiger partial charge in [-0.15, -0.1) is 11.8 Å². The highest BCUT2D eigenvalue weighted by molar-refractivity contribution is 7.99. The van der Waals surface area contributed by atoms with Crippen molar-refractivity contribution in [2.75, 3.05) is 20.0 Å². The SMILES string of the molecule is COC(=O)Cn1c(=NC(=O)CCSc2ccc(OC)cc2)sc2cc(Cl)ccc21. The molecule has 0 bridgehead atoms. The fraction of sp³-hybridized carbons (Fsp3) is 0.250. The second-order valence-electron chi connectivity index (χ2n) is 5.94. The van der Waals surface area contributed by atoms with Crippen LogP contribution in [0.2, 0.25) is 5.02 Å². The van der Waals surface area contributed by atoms with Crippen molar-refractivity contribution in [3.05, 3.63) is 52.3 Å². The lowest BCUT2D eigenvalue weighted by Gasteiger charge is -2.04. The number of methoxy groups -OCH3 is 2. The molecule has 0 N–H and O–H groups in total. The van der Waals surface area contributed by atoms with Crippen LogP contribution in [0.15, 0.2) is 52.4 Å². The molecule has 1 amide bonds. The molecule has 0 saturated heterocycles. The van der Waals surface area contributed by atoms with Gasteiger partial charge < -0.3 is 14.0 Å². The Hall–Kier alpha value is -2.29. The molecule has 1 heterocycles. The molecule has 0 radical (unpaired) electrons. The van der Waals surface area contributed by atoms with Crippen LogP contribution >= 0.6 is 34.7 Å². The number of hydrogen-bond acceptors (Lipinski definition) is 6. The number of amides is 1. The van der Waals surface area contributed by atoms with Gasteiger partial charge in [0.15, 0.2) is 4.80 Å². The van der Waals surface area contributed by atoms with Gasteiger partial charge in [0.2, 0.25) is 5.91 Å². The summed E-state index contributed by atoms with van der Waals surface area (Å²) < 4.78 is 12.4. The predicted octanol–water partition coefficient (Wildman–Crippen LogP) is 4.15. The maximum atomic E-state index is 12.4. The zero-order chi connectivity index (χ0) is 20.8. The summed E-state index contributed by atoms with van der Waals surface area (Å²) in [7, 11) is 2.95. The molecule has 152 valence electrons. The van der Waals surface area contributed by atoms with Crippen molar-refractivity contribution in [3.8, 4) is 5.75 Å². The Morgan fingerprint density at radius 1 is 1.17 bits per heavy atom. The van der Waals surface area contributed by atoms with Crippen LogP contribution in [0.5, 0.6) is 5.75 Å². The summed E-state index contributed by atoms with van der Waals surface area (Å²) in [6.07, 6.45) is 0.282. The molecule has 2 aromatic carbocycles. The standard InChI is InChI=1S/C20H19ClN2O4S2/c1-26-14-4-6-15(7-5-14)28-10-9-18(24)22-20-23(12-19(25)27-2)16-8-3-13(21)11-17(16)29-20/h3-8,11H,9-10,12H2,1-2H3. The van der Waals surface area contributed by atoms with E-state index in [0.717, 1.165) is 20.9 Å². The number of esters is 1. The molecule has 6 nitrogen and oxygen atoms in total. The number of thiazole rings is 1. The van der Waals surface area contributed by atoms with Gasteiger partial charge in [-0.25, -0.2) is 0 Å². The van der Waals surface area contributed by atoms with E-state index in [2.05, 4.69) is 4.99 Å². The number of ether oxygens (including phenoxy) is 2. The van der Waals surface area contributed by atoms with Crippen LogP contribution < -0.4 is 9.54 Å². The number of nitrogens with zero attached hydrogens (tertiary/aromatic N) is 2. The molecular formula is C20H19ClN2O4S2. The zero-order valence-electron chi connectivity index (χ0n) is 15.9. The average Bonchev–Trinajstić information content (AvgIpc) is 3.04. The fourth-order valence-corrected chi connectivity index (χ4v) is 4.73. The summed E-state index contributed by atoms with van der Waals surface area (Å²) in [6, 6.07) is 13.0. The van der Waals surface area contributed by atoms with Crippen LogP contribution in [0, 0.1) is 0 Å². The van der Waals surface area contributed by atoms with E-state index < -0.39 is 5.97 Å². The van der Waals surface area contributed by atoms with Gasteiger partial charge in [0.05, 0.1) is 24.4 Å². The van der Waals surface area contributed by atoms with Crippen LogP contribution in [0.3, 0.4) is 0 Å². The Morgan fingerprint density at radius 2 is 1.93 bits per heavy atom. The van der Waals surface area contributed by atoms with E-state index in [1.54, 1.807) is 41.6 Å². The van der Waals surface area contributed by atoms with Crippen molar-refractivity contribution in [1.29, 1.82) is 0 Å². The Balaban J connectivity index is 1.75. The van der Waals surface area contributed by atoms with Gasteiger partial charge in [-0.05, 0) is 42.5 Å². The Kier molecular flexibility index (Phi) is 7.35. The largest absolute Gasteiger partial charge is 0.497 e. The normalized spacial score (nSPS) is 11.6. The fourth-order valence-electron chi connectivity index (χ4n) is 2.57. The van der Waals surface area contributed by atoms with Gasteiger partial charge in [0.25, 0.3) is 0 Å². The molecule has 0 unspecified atom stereocenters. The first-order chi connectivity index (χ1) is 14.0. The summed E-state index contributed by atoms with van der Waals surface area (Å²) in [5.74, 6) is 0.730. The minimum Gasteiger partial charge on any atom is -0.497 e. The molecular weight excluding hydrogens is 432 g/mol. The number of thioether (sulfide) groups is 1. The second-order valence-corrected chi connectivity index (χ2v) is 8.55. The molecule has 0 atom stereocenters. The molecule has 0 fully saturated rings. The number of carbonyl (C=O) groups is 2. The highest BCUT2D eigenvalue weighted by Gasteiger charge is 2.12. The molecule has 0 aliphatic rings. The van der Waals surface area contributed by atoms with Crippen LogP contribution in [0.1, 0.15) is 6.42 Å². The van der Waals surface area contributed by atoms with Gasteiger partial charge in [-0.3, -0.25) is 9.59 Å². The molecule has 3 rings (SSSR count). The lowest BCUT2D eigenvalue weighted by Crippen LogP contribution is -2.22. The minimum absolute atomic E-state index is 0.0230. The Morgan fingerprint density at radius 3 is 2.62 bits per heavy atom. The molecule has 3 aromatic rings. The van der Waals surface area contributed by atoms with E-state index in [4.69, 9.17) is 21.1 Å². The number of rotatable bonds is 7. The number of carbonyl (C=O) groups excluding carboxylic acids is 2. The third-order valence-corrected chi connectivity index (χ3v) is 6.31. The molecule has 0 spiro atoms. The third kappa shape index (κ3) is 5.62. The highest BCUT2D eigenvalue weighted by Crippen LogP contribution is 2.23. The number of fused-ring (bicyclic) bond motifs is 1. The van der Waals surface area contributed by atoms with Crippen LogP contribution in [-0.2, 0) is 20.9 Å². The van der Waals surface area contributed by atoms with Crippen molar-refractivity contribution < 1.29 is 19.1 Å². The molecule has 29 heavy (non-hydrogen) atoms. The van der Waals surface area contributed by atoms with E-state index in [0.29, 0.717) is 15.6 Å². The number of aromatic nitrogens is 1. The maximum absolute atomic E-state index is 12.4. The number of hydrogen-bond donors (Lipinski definition) is 0. The van der Waals surface area contributed by atoms with E-state index in [1.807, 2.05) is 24.3 Å². The number of halogens is 1. The monoisotopic (exact) mass is 450 g/mol. The van der Waals surface area contributed by atoms with Crippen molar-refractivity contribution in [2.45, 2.75) is 17.9 Å². The van der Waals surface area contributed by atoms with Crippen molar-refractivity contribution in [1.82, 2.24) is 4.57 Å². The number of benzene rings is 2. The van der Waals surface area contributed by atoms with Gasteiger partial charge in [-0.2, -0.15) is 4.99 Å². The second kappa shape index (κ2) is 9.96. The summed E-state index contributed by atoms with van der Waals surface area (Å²) in [5.41, 5.74) is 0.781. The van der Waals surface area contributed by atoms with E-state index in [9.17, 15) is 9.59 Å². The predicted molar refractivity (Wildman–Crippen MR) is 116 cm³/mol. The smallest absolute Gasteiger partial charge is 0.325 e. The lowest BCUT2D eigenvalue weighted by molar-refractivity contribution is -0.141. The topological polar surface area (TPSA) is 69.9 Å². The summed E-state index contributed by atoms with van der Waals surface area (Å²) in [5, 5.41) is 0.581. The zero-order valence-corrected chi connectivity index (χ0v) is 18.3. The van der Waals surface area contributed by atoms with E-state index in [1.165, 1.54) is 18.4 Å². The van der Waals surface area contributed by atoms with Crippen LogP contribution in [-0.4, -0.2) is 36.4 Å². The van der Waals surface area contributed by atoms with Gasteiger partial charge in [0.1, 0.15) is 12.3 Å². The van der Waals surface area contributed by atoms with Crippen molar-refractivity contribution in [3.63, 3.8) is 0 Å². The lowest BCUT2D eigenvalue weighted by atomic mass is 10.3. The Labute approximate surface area is 181 Å². The van der Waals surface area contributed by atoms with Gasteiger partial charge in [-0.1, -0.05) is 22.9 Å². The summed E-state index contributed by atoms with van der Waals surface area (Å²) in [6.45, 7) is -0.0230. The van der Waals surface area contributed by atoms with E-state index in [-0.39, 0.29) is 18.9 Å². The summed E-state index contributed by atoms with van der Waals surface area (Å²) >= 11 is 8.95. The quantitative estimate of drug-likeness (QED) is 0.399. The molecule has 1 aromatic heterocycles.